The van der Waals surface area contributed by atoms with Crippen LogP contribution in [0.3, 0.4) is 0 Å². The fourth-order valence-electron chi connectivity index (χ4n) is 2.16. The standard InChI is InChI=1S/C16H17N5O2/c1-9(22)20-14-7-10(4-5-18-14)11-6-13(15(17)19-8-11)16(23)21-12-2-3-12/h4-8,12H,2-3H2,1H3,(H2,17,19)(H,21,23)(H,18,20,22). The smallest absolute Gasteiger partial charge is 0.255 e. The quantitative estimate of drug-likeness (QED) is 0.794. The molecule has 1 aliphatic rings. The van der Waals surface area contributed by atoms with Crippen molar-refractivity contribution < 1.29 is 9.59 Å². The van der Waals surface area contributed by atoms with Crippen LogP contribution in [-0.2, 0) is 4.79 Å². The number of anilines is 2. The Bertz CT molecular complexity index is 771. The number of carbonyl (C=O) groups excluding carboxylic acids is 2. The number of pyridine rings is 2. The van der Waals surface area contributed by atoms with Gasteiger partial charge < -0.3 is 16.4 Å². The lowest BCUT2D eigenvalue weighted by molar-refractivity contribution is -0.114. The molecule has 0 radical (unpaired) electrons. The van der Waals surface area contributed by atoms with E-state index in [2.05, 4.69) is 20.6 Å². The number of nitrogens with two attached hydrogens (primary N) is 1. The van der Waals surface area contributed by atoms with Gasteiger partial charge in [-0.3, -0.25) is 9.59 Å². The number of rotatable bonds is 4. The fraction of sp³-hybridized carbons (Fsp3) is 0.250. The summed E-state index contributed by atoms with van der Waals surface area (Å²) in [7, 11) is 0. The Morgan fingerprint density at radius 3 is 2.70 bits per heavy atom. The summed E-state index contributed by atoms with van der Waals surface area (Å²) in [4.78, 5) is 31.5. The Balaban J connectivity index is 1.90. The van der Waals surface area contributed by atoms with Crippen LogP contribution in [0.1, 0.15) is 30.1 Å². The van der Waals surface area contributed by atoms with Crippen molar-refractivity contribution in [2.24, 2.45) is 0 Å². The molecule has 2 aromatic rings. The first-order chi connectivity index (χ1) is 11.0. The Labute approximate surface area is 133 Å². The molecule has 0 bridgehead atoms. The molecule has 0 aromatic carbocycles. The Hall–Kier alpha value is -2.96. The highest BCUT2D eigenvalue weighted by Gasteiger charge is 2.25. The predicted octanol–water partition coefficient (Wildman–Crippen LogP) is 1.58. The summed E-state index contributed by atoms with van der Waals surface area (Å²) in [6, 6.07) is 5.45. The molecule has 1 aliphatic carbocycles. The van der Waals surface area contributed by atoms with Crippen LogP contribution < -0.4 is 16.4 Å². The number of carbonyl (C=O) groups is 2. The highest BCUT2D eigenvalue weighted by atomic mass is 16.2. The van der Waals surface area contributed by atoms with E-state index in [0.29, 0.717) is 11.4 Å². The normalized spacial score (nSPS) is 13.4. The number of nitrogens with zero attached hydrogens (tertiary/aromatic N) is 2. The molecule has 7 heteroatoms. The maximum atomic E-state index is 12.2. The van der Waals surface area contributed by atoms with Gasteiger partial charge in [-0.15, -0.1) is 0 Å². The second-order valence-corrected chi connectivity index (χ2v) is 5.52. The number of amides is 2. The summed E-state index contributed by atoms with van der Waals surface area (Å²) < 4.78 is 0. The SMILES string of the molecule is CC(=O)Nc1cc(-c2cnc(N)c(C(=O)NC3CC3)c2)ccn1. The van der Waals surface area contributed by atoms with Crippen molar-refractivity contribution in [2.75, 3.05) is 11.1 Å². The Kier molecular flexibility index (Phi) is 3.92. The third-order valence-corrected chi connectivity index (χ3v) is 3.47. The first kappa shape index (κ1) is 15.0. The average Bonchev–Trinajstić information content (AvgIpc) is 3.31. The van der Waals surface area contributed by atoms with E-state index in [0.717, 1.165) is 24.0 Å². The number of nitrogen functional groups attached to an aromatic ring is 1. The van der Waals surface area contributed by atoms with Gasteiger partial charge in [0, 0.05) is 30.9 Å². The molecular formula is C16H17N5O2. The molecular weight excluding hydrogens is 294 g/mol. The average molecular weight is 311 g/mol. The lowest BCUT2D eigenvalue weighted by atomic mass is 10.1. The Morgan fingerprint density at radius 1 is 1.22 bits per heavy atom. The minimum absolute atomic E-state index is 0.197. The summed E-state index contributed by atoms with van der Waals surface area (Å²) in [5.41, 5.74) is 7.69. The van der Waals surface area contributed by atoms with Crippen LogP contribution in [0.2, 0.25) is 0 Å². The zero-order valence-electron chi connectivity index (χ0n) is 12.7. The fourth-order valence-corrected chi connectivity index (χ4v) is 2.16. The van der Waals surface area contributed by atoms with Crippen LogP contribution in [0.25, 0.3) is 11.1 Å². The van der Waals surface area contributed by atoms with Gasteiger partial charge >= 0.3 is 0 Å². The van der Waals surface area contributed by atoms with Crippen LogP contribution in [-0.4, -0.2) is 27.8 Å². The lowest BCUT2D eigenvalue weighted by Crippen LogP contribution is -2.26. The van der Waals surface area contributed by atoms with Crippen molar-refractivity contribution in [2.45, 2.75) is 25.8 Å². The molecule has 1 fully saturated rings. The van der Waals surface area contributed by atoms with E-state index < -0.39 is 0 Å². The lowest BCUT2D eigenvalue weighted by Gasteiger charge is -2.09. The topological polar surface area (TPSA) is 110 Å². The van der Waals surface area contributed by atoms with Gasteiger partial charge in [-0.1, -0.05) is 0 Å². The van der Waals surface area contributed by atoms with Crippen molar-refractivity contribution >= 4 is 23.5 Å². The molecule has 4 N–H and O–H groups in total. The molecule has 3 rings (SSSR count). The summed E-state index contributed by atoms with van der Waals surface area (Å²) in [5.74, 6) is 0.226. The highest BCUT2D eigenvalue weighted by Crippen LogP contribution is 2.25. The van der Waals surface area contributed by atoms with E-state index in [9.17, 15) is 9.59 Å². The predicted molar refractivity (Wildman–Crippen MR) is 86.7 cm³/mol. The highest BCUT2D eigenvalue weighted by molar-refractivity contribution is 5.99. The maximum absolute atomic E-state index is 12.2. The molecule has 1 saturated carbocycles. The third kappa shape index (κ3) is 3.63. The van der Waals surface area contributed by atoms with Crippen molar-refractivity contribution in [1.82, 2.24) is 15.3 Å². The molecule has 23 heavy (non-hydrogen) atoms. The number of aromatic nitrogens is 2. The van der Waals surface area contributed by atoms with Crippen molar-refractivity contribution in [1.29, 1.82) is 0 Å². The van der Waals surface area contributed by atoms with Crippen molar-refractivity contribution in [3.05, 3.63) is 36.2 Å². The molecule has 0 aliphatic heterocycles. The Morgan fingerprint density at radius 2 is 2.00 bits per heavy atom. The minimum Gasteiger partial charge on any atom is -0.383 e. The maximum Gasteiger partial charge on any atom is 0.255 e. The number of nitrogens with one attached hydrogen (secondary N) is 2. The van der Waals surface area contributed by atoms with E-state index >= 15 is 0 Å². The zero-order valence-corrected chi connectivity index (χ0v) is 12.7. The van der Waals surface area contributed by atoms with Gasteiger partial charge in [0.15, 0.2) is 0 Å². The second kappa shape index (κ2) is 6.04. The summed E-state index contributed by atoms with van der Waals surface area (Å²) >= 11 is 0. The first-order valence-electron chi connectivity index (χ1n) is 7.33. The van der Waals surface area contributed by atoms with E-state index in [-0.39, 0.29) is 23.7 Å². The minimum atomic E-state index is -0.213. The molecule has 2 heterocycles. The van der Waals surface area contributed by atoms with E-state index in [1.54, 1.807) is 30.6 Å². The van der Waals surface area contributed by atoms with Crippen molar-refractivity contribution in [3.63, 3.8) is 0 Å². The molecule has 2 aromatic heterocycles. The molecule has 0 unspecified atom stereocenters. The van der Waals surface area contributed by atoms with Gasteiger partial charge in [0.05, 0.1) is 5.56 Å². The second-order valence-electron chi connectivity index (χ2n) is 5.52. The van der Waals surface area contributed by atoms with Crippen LogP contribution in [0.4, 0.5) is 11.6 Å². The van der Waals surface area contributed by atoms with Crippen LogP contribution in [0.15, 0.2) is 30.6 Å². The van der Waals surface area contributed by atoms with Gasteiger partial charge in [-0.05, 0) is 36.6 Å². The van der Waals surface area contributed by atoms with Gasteiger partial charge in [-0.2, -0.15) is 0 Å². The number of hydrogen-bond acceptors (Lipinski definition) is 5. The molecule has 0 atom stereocenters. The molecule has 2 amide bonds. The van der Waals surface area contributed by atoms with E-state index in [1.807, 2.05) is 0 Å². The van der Waals surface area contributed by atoms with E-state index in [1.165, 1.54) is 6.92 Å². The number of hydrogen-bond donors (Lipinski definition) is 3. The largest absolute Gasteiger partial charge is 0.383 e. The molecule has 0 spiro atoms. The molecule has 7 nitrogen and oxygen atoms in total. The summed E-state index contributed by atoms with van der Waals surface area (Å²) in [5, 5.41) is 5.52. The summed E-state index contributed by atoms with van der Waals surface area (Å²) in [6.45, 7) is 1.42. The summed E-state index contributed by atoms with van der Waals surface area (Å²) in [6.07, 6.45) is 5.18. The van der Waals surface area contributed by atoms with Crippen LogP contribution in [0, 0.1) is 0 Å². The zero-order chi connectivity index (χ0) is 16.4. The van der Waals surface area contributed by atoms with Crippen LogP contribution >= 0.6 is 0 Å². The van der Waals surface area contributed by atoms with E-state index in [4.69, 9.17) is 5.73 Å². The first-order valence-corrected chi connectivity index (χ1v) is 7.33. The third-order valence-electron chi connectivity index (χ3n) is 3.47. The molecule has 0 saturated heterocycles. The molecule has 118 valence electrons. The van der Waals surface area contributed by atoms with Crippen molar-refractivity contribution in [3.8, 4) is 11.1 Å². The van der Waals surface area contributed by atoms with Crippen LogP contribution in [0.5, 0.6) is 0 Å². The van der Waals surface area contributed by atoms with Gasteiger partial charge in [-0.25, -0.2) is 9.97 Å². The monoisotopic (exact) mass is 311 g/mol. The van der Waals surface area contributed by atoms with Gasteiger partial charge in [0.2, 0.25) is 5.91 Å². The van der Waals surface area contributed by atoms with Gasteiger partial charge in [0.1, 0.15) is 11.6 Å². The van der Waals surface area contributed by atoms with Gasteiger partial charge in [0.25, 0.3) is 5.91 Å².